The molecule has 0 aliphatic carbocycles. The molecule has 6 nitrogen and oxygen atoms in total. The van der Waals surface area contributed by atoms with Crippen LogP contribution in [0.25, 0.3) is 0 Å². The molecule has 0 bridgehead atoms. The average molecular weight is 492 g/mol. The van der Waals surface area contributed by atoms with Crippen LogP contribution in [0.2, 0.25) is 5.02 Å². The van der Waals surface area contributed by atoms with Crippen molar-refractivity contribution in [2.45, 2.75) is 19.1 Å². The largest absolute Gasteiger partial charge is 0.491 e. The molecule has 182 valence electrons. The minimum atomic E-state index is -0.639. The maximum absolute atomic E-state index is 10.9. The van der Waals surface area contributed by atoms with E-state index in [-0.39, 0.29) is 19.3 Å². The maximum Gasteiger partial charge on any atom is 0.121 e. The molecule has 3 aromatic rings. The Bertz CT molecular complexity index is 1160. The van der Waals surface area contributed by atoms with Gasteiger partial charge in [-0.25, -0.2) is 0 Å². The first kappa shape index (κ1) is 25.0. The standard InChI is InChI=1S/C28H30ClN3O3/c1-20-2-6-22(7-3-20)27-18-31(19-28(34)23-8-4-21(17-30)5-9-23)12-13-32(27)26-11-10-24(16-25(26)29)35-15-14-33/h2-11,16,27-28,33-34H,12-15,18-19H2,1H3/t27-,28+/m0/s1. The van der Waals surface area contributed by atoms with E-state index in [4.69, 9.17) is 26.7 Å². The average Bonchev–Trinajstić information content (AvgIpc) is 2.88. The number of aliphatic hydroxyl groups is 2. The first-order valence-electron chi connectivity index (χ1n) is 11.8. The lowest BCUT2D eigenvalue weighted by atomic mass is 9.99. The van der Waals surface area contributed by atoms with E-state index >= 15 is 0 Å². The monoisotopic (exact) mass is 491 g/mol. The van der Waals surface area contributed by atoms with Gasteiger partial charge >= 0.3 is 0 Å². The fourth-order valence-electron chi connectivity index (χ4n) is 4.47. The van der Waals surface area contributed by atoms with E-state index in [9.17, 15) is 5.11 Å². The third kappa shape index (κ3) is 6.14. The summed E-state index contributed by atoms with van der Waals surface area (Å²) in [7, 11) is 0. The van der Waals surface area contributed by atoms with Crippen LogP contribution in [-0.2, 0) is 0 Å². The minimum Gasteiger partial charge on any atom is -0.491 e. The number of piperazine rings is 1. The maximum atomic E-state index is 10.9. The van der Waals surface area contributed by atoms with Crippen LogP contribution in [0.15, 0.2) is 66.7 Å². The molecule has 2 N–H and O–H groups in total. The van der Waals surface area contributed by atoms with Crippen molar-refractivity contribution in [1.29, 1.82) is 5.26 Å². The van der Waals surface area contributed by atoms with Gasteiger partial charge in [-0.1, -0.05) is 53.6 Å². The van der Waals surface area contributed by atoms with Crippen LogP contribution in [0.5, 0.6) is 5.75 Å². The highest BCUT2D eigenvalue weighted by atomic mass is 35.5. The molecule has 1 aliphatic rings. The third-order valence-electron chi connectivity index (χ3n) is 6.37. The van der Waals surface area contributed by atoms with Crippen molar-refractivity contribution in [3.63, 3.8) is 0 Å². The number of anilines is 1. The lowest BCUT2D eigenvalue weighted by Gasteiger charge is -2.44. The number of nitriles is 1. The third-order valence-corrected chi connectivity index (χ3v) is 6.67. The highest BCUT2D eigenvalue weighted by Crippen LogP contribution is 2.37. The summed E-state index contributed by atoms with van der Waals surface area (Å²) >= 11 is 6.68. The van der Waals surface area contributed by atoms with Crippen LogP contribution in [0.1, 0.15) is 34.4 Å². The second-order valence-electron chi connectivity index (χ2n) is 8.81. The molecule has 1 fully saturated rings. The van der Waals surface area contributed by atoms with E-state index in [1.54, 1.807) is 18.2 Å². The Hall–Kier alpha value is -3.08. The Morgan fingerprint density at radius 2 is 1.83 bits per heavy atom. The van der Waals surface area contributed by atoms with E-state index in [1.807, 2.05) is 24.3 Å². The number of rotatable bonds is 8. The number of nitrogens with zero attached hydrogens (tertiary/aromatic N) is 3. The number of aliphatic hydroxyl groups excluding tert-OH is 2. The zero-order valence-corrected chi connectivity index (χ0v) is 20.5. The van der Waals surface area contributed by atoms with E-state index in [2.05, 4.69) is 47.1 Å². The topological polar surface area (TPSA) is 80.0 Å². The second-order valence-corrected chi connectivity index (χ2v) is 9.22. The summed E-state index contributed by atoms with van der Waals surface area (Å²) in [6.45, 7) is 5.00. The van der Waals surface area contributed by atoms with E-state index in [0.717, 1.165) is 30.9 Å². The van der Waals surface area contributed by atoms with Gasteiger partial charge in [-0.15, -0.1) is 0 Å². The lowest BCUT2D eigenvalue weighted by Crippen LogP contribution is -2.49. The van der Waals surface area contributed by atoms with Gasteiger partial charge in [0.2, 0.25) is 0 Å². The number of β-amino-alcohol motifs (C(OH)–C–C–N with tert-alkyl or cyclic N) is 1. The minimum absolute atomic E-state index is 0.0504. The Kier molecular flexibility index (Phi) is 8.27. The molecule has 0 aromatic heterocycles. The molecule has 0 spiro atoms. The highest BCUT2D eigenvalue weighted by molar-refractivity contribution is 6.33. The fourth-order valence-corrected chi connectivity index (χ4v) is 4.75. The first-order chi connectivity index (χ1) is 17.0. The van der Waals surface area contributed by atoms with E-state index < -0.39 is 6.10 Å². The van der Waals surface area contributed by atoms with Gasteiger partial charge in [0.1, 0.15) is 12.4 Å². The SMILES string of the molecule is Cc1ccc([C@@H]2CN(C[C@@H](O)c3ccc(C#N)cc3)CCN2c2ccc(OCCO)cc2Cl)cc1. The zero-order valence-electron chi connectivity index (χ0n) is 19.8. The molecule has 1 saturated heterocycles. The molecular weight excluding hydrogens is 462 g/mol. The van der Waals surface area contributed by atoms with Crippen LogP contribution >= 0.6 is 11.6 Å². The van der Waals surface area contributed by atoms with Crippen LogP contribution in [0.4, 0.5) is 5.69 Å². The number of benzene rings is 3. The number of aryl methyl sites for hydroxylation is 1. The summed E-state index contributed by atoms with van der Waals surface area (Å²) in [5, 5.41) is 29.5. The first-order valence-corrected chi connectivity index (χ1v) is 12.1. The van der Waals surface area contributed by atoms with Gasteiger partial charge in [0.05, 0.1) is 41.1 Å². The van der Waals surface area contributed by atoms with Gasteiger partial charge in [0.25, 0.3) is 0 Å². The predicted molar refractivity (Wildman–Crippen MR) is 138 cm³/mol. The summed E-state index contributed by atoms with van der Waals surface area (Å²) < 4.78 is 5.51. The molecular formula is C28H30ClN3O3. The molecule has 0 unspecified atom stereocenters. The Morgan fingerprint density at radius 1 is 1.09 bits per heavy atom. The molecule has 0 radical (unpaired) electrons. The van der Waals surface area contributed by atoms with Crippen molar-refractivity contribution in [2.75, 3.05) is 44.3 Å². The summed E-state index contributed by atoms with van der Waals surface area (Å²) in [6.07, 6.45) is -0.639. The Labute approximate surface area is 211 Å². The van der Waals surface area contributed by atoms with Gasteiger partial charge < -0.3 is 19.8 Å². The van der Waals surface area contributed by atoms with Crippen molar-refractivity contribution in [3.05, 3.63) is 94.0 Å². The lowest BCUT2D eigenvalue weighted by molar-refractivity contribution is 0.100. The van der Waals surface area contributed by atoms with Crippen LogP contribution < -0.4 is 9.64 Å². The molecule has 35 heavy (non-hydrogen) atoms. The molecule has 4 rings (SSSR count). The van der Waals surface area contributed by atoms with Crippen LogP contribution in [0.3, 0.4) is 0 Å². The molecule has 0 saturated carbocycles. The number of halogens is 1. The quantitative estimate of drug-likeness (QED) is 0.483. The highest BCUT2D eigenvalue weighted by Gasteiger charge is 2.31. The molecule has 3 aromatic carbocycles. The smallest absolute Gasteiger partial charge is 0.121 e. The Morgan fingerprint density at radius 3 is 2.49 bits per heavy atom. The van der Waals surface area contributed by atoms with Gasteiger partial charge in [-0.05, 0) is 42.3 Å². The normalized spacial score (nSPS) is 17.1. The van der Waals surface area contributed by atoms with Gasteiger partial charge in [0.15, 0.2) is 0 Å². The van der Waals surface area contributed by atoms with E-state index in [1.165, 1.54) is 11.1 Å². The van der Waals surface area contributed by atoms with Crippen LogP contribution in [0, 0.1) is 18.3 Å². The Balaban J connectivity index is 1.55. The van der Waals surface area contributed by atoms with Crippen molar-refractivity contribution in [1.82, 2.24) is 4.90 Å². The molecule has 2 atom stereocenters. The van der Waals surface area contributed by atoms with Gasteiger partial charge in [-0.2, -0.15) is 5.26 Å². The number of hydrogen-bond donors (Lipinski definition) is 2. The van der Waals surface area contributed by atoms with Gasteiger partial charge in [0, 0.05) is 32.2 Å². The van der Waals surface area contributed by atoms with Crippen molar-refractivity contribution in [2.24, 2.45) is 0 Å². The van der Waals surface area contributed by atoms with Crippen molar-refractivity contribution >= 4 is 17.3 Å². The molecule has 0 amide bonds. The number of hydrogen-bond acceptors (Lipinski definition) is 6. The molecule has 1 heterocycles. The predicted octanol–water partition coefficient (Wildman–Crippen LogP) is 4.49. The zero-order chi connectivity index (χ0) is 24.8. The molecule has 7 heteroatoms. The number of ether oxygens (including phenoxy) is 1. The van der Waals surface area contributed by atoms with Crippen molar-refractivity contribution < 1.29 is 14.9 Å². The summed E-state index contributed by atoms with van der Waals surface area (Å²) in [4.78, 5) is 4.59. The van der Waals surface area contributed by atoms with Crippen molar-refractivity contribution in [3.8, 4) is 11.8 Å². The molecule has 1 aliphatic heterocycles. The van der Waals surface area contributed by atoms with Gasteiger partial charge in [-0.3, -0.25) is 4.90 Å². The summed E-state index contributed by atoms with van der Waals surface area (Å²) in [6, 6.07) is 23.5. The summed E-state index contributed by atoms with van der Waals surface area (Å²) in [5.74, 6) is 0.629. The second kappa shape index (κ2) is 11.6. The van der Waals surface area contributed by atoms with Crippen LogP contribution in [-0.4, -0.2) is 54.5 Å². The summed E-state index contributed by atoms with van der Waals surface area (Å²) in [5.41, 5.74) is 4.71. The fraction of sp³-hybridized carbons (Fsp3) is 0.321. The van der Waals surface area contributed by atoms with E-state index in [0.29, 0.717) is 22.9 Å².